The first kappa shape index (κ1) is 16.7. The summed E-state index contributed by atoms with van der Waals surface area (Å²) in [5.74, 6) is 0.714. The van der Waals surface area contributed by atoms with Crippen LogP contribution in [0.15, 0.2) is 52.4 Å². The Bertz CT molecular complexity index is 914. The predicted molar refractivity (Wildman–Crippen MR) is 99.2 cm³/mol. The number of hydrogen-bond donors (Lipinski definition) is 1. The summed E-state index contributed by atoms with van der Waals surface area (Å²) in [7, 11) is 0. The van der Waals surface area contributed by atoms with Gasteiger partial charge in [-0.25, -0.2) is 4.98 Å². The number of rotatable bonds is 5. The predicted octanol–water partition coefficient (Wildman–Crippen LogP) is 3.48. The van der Waals surface area contributed by atoms with Crippen molar-refractivity contribution in [3.63, 3.8) is 0 Å². The number of thioether (sulfide) groups is 1. The molecule has 24 heavy (non-hydrogen) atoms. The van der Waals surface area contributed by atoms with Crippen LogP contribution in [0.4, 0.5) is 0 Å². The zero-order valence-corrected chi connectivity index (χ0v) is 14.6. The van der Waals surface area contributed by atoms with E-state index in [1.807, 2.05) is 56.3 Å². The number of nitrogens with zero attached hydrogens (tertiary/aromatic N) is 2. The largest absolute Gasteiger partial charge is 0.396 e. The van der Waals surface area contributed by atoms with Crippen LogP contribution in [0.3, 0.4) is 0 Å². The molecule has 4 nitrogen and oxygen atoms in total. The molecule has 0 radical (unpaired) electrons. The van der Waals surface area contributed by atoms with Gasteiger partial charge in [-0.05, 0) is 43.5 Å². The van der Waals surface area contributed by atoms with E-state index in [1.54, 1.807) is 4.57 Å². The molecule has 0 saturated heterocycles. The highest BCUT2D eigenvalue weighted by atomic mass is 32.2. The molecular formula is C19H20N2O2S. The van der Waals surface area contributed by atoms with Crippen molar-refractivity contribution in [1.29, 1.82) is 0 Å². The zero-order chi connectivity index (χ0) is 17.1. The quantitative estimate of drug-likeness (QED) is 0.439. The molecule has 0 spiro atoms. The molecule has 0 bridgehead atoms. The van der Waals surface area contributed by atoms with Crippen LogP contribution in [0.25, 0.3) is 16.6 Å². The third kappa shape index (κ3) is 3.09. The Balaban J connectivity index is 2.29. The maximum Gasteiger partial charge on any atom is 0.266 e. The second kappa shape index (κ2) is 7.20. The summed E-state index contributed by atoms with van der Waals surface area (Å²) in [5.41, 5.74) is 3.63. The number of benzene rings is 2. The number of aliphatic hydroxyl groups excluding tert-OH is 1. The maximum absolute atomic E-state index is 13.1. The van der Waals surface area contributed by atoms with Crippen molar-refractivity contribution < 1.29 is 5.11 Å². The van der Waals surface area contributed by atoms with Crippen LogP contribution in [0, 0.1) is 13.8 Å². The number of aryl methyl sites for hydroxylation is 2. The highest BCUT2D eigenvalue weighted by molar-refractivity contribution is 7.99. The smallest absolute Gasteiger partial charge is 0.266 e. The molecule has 0 aliphatic rings. The fraction of sp³-hybridized carbons (Fsp3) is 0.263. The molecule has 1 N–H and O–H groups in total. The average molecular weight is 340 g/mol. The van der Waals surface area contributed by atoms with Crippen molar-refractivity contribution in [1.82, 2.24) is 9.55 Å². The number of aliphatic hydroxyl groups is 1. The second-order valence-corrected chi connectivity index (χ2v) is 6.78. The molecule has 1 heterocycles. The molecule has 1 aromatic heterocycles. The lowest BCUT2D eigenvalue weighted by Crippen LogP contribution is -2.23. The standard InChI is InChI=1S/C19H20N2O2S/c1-13-7-5-8-14(2)17(13)21-18(23)15-9-3-4-10-16(15)20-19(21)24-12-6-11-22/h3-5,7-10,22H,6,11-12H2,1-2H3. The Kier molecular flexibility index (Phi) is 5.02. The van der Waals surface area contributed by atoms with E-state index >= 15 is 0 Å². The van der Waals surface area contributed by atoms with Gasteiger partial charge in [0.1, 0.15) is 0 Å². The van der Waals surface area contributed by atoms with Gasteiger partial charge < -0.3 is 5.11 Å². The lowest BCUT2D eigenvalue weighted by molar-refractivity contribution is 0.296. The van der Waals surface area contributed by atoms with Gasteiger partial charge in [-0.2, -0.15) is 0 Å². The van der Waals surface area contributed by atoms with Crippen molar-refractivity contribution in [2.45, 2.75) is 25.4 Å². The molecule has 3 rings (SSSR count). The molecule has 5 heteroatoms. The van der Waals surface area contributed by atoms with Gasteiger partial charge in [-0.3, -0.25) is 9.36 Å². The van der Waals surface area contributed by atoms with Crippen LogP contribution in [0.1, 0.15) is 17.5 Å². The Morgan fingerprint density at radius 1 is 1.08 bits per heavy atom. The van der Waals surface area contributed by atoms with Gasteiger partial charge in [-0.15, -0.1) is 0 Å². The molecular weight excluding hydrogens is 320 g/mol. The van der Waals surface area contributed by atoms with Gasteiger partial charge in [0.15, 0.2) is 5.16 Å². The molecule has 124 valence electrons. The van der Waals surface area contributed by atoms with Crippen molar-refractivity contribution in [3.05, 3.63) is 63.9 Å². The summed E-state index contributed by atoms with van der Waals surface area (Å²) < 4.78 is 1.72. The number of aromatic nitrogens is 2. The third-order valence-electron chi connectivity index (χ3n) is 3.94. The van der Waals surface area contributed by atoms with Crippen LogP contribution < -0.4 is 5.56 Å². The van der Waals surface area contributed by atoms with E-state index < -0.39 is 0 Å². The summed E-state index contributed by atoms with van der Waals surface area (Å²) in [6, 6.07) is 13.4. The van der Waals surface area contributed by atoms with E-state index in [1.165, 1.54) is 11.8 Å². The Hall–Kier alpha value is -2.11. The number of fused-ring (bicyclic) bond motifs is 1. The minimum atomic E-state index is -0.0514. The van der Waals surface area contributed by atoms with Crippen molar-refractivity contribution in [2.75, 3.05) is 12.4 Å². The zero-order valence-electron chi connectivity index (χ0n) is 13.8. The van der Waals surface area contributed by atoms with Gasteiger partial charge in [-0.1, -0.05) is 42.1 Å². The molecule has 0 amide bonds. The van der Waals surface area contributed by atoms with Crippen molar-refractivity contribution >= 4 is 22.7 Å². The first-order chi connectivity index (χ1) is 11.6. The minimum Gasteiger partial charge on any atom is -0.396 e. The van der Waals surface area contributed by atoms with E-state index in [9.17, 15) is 4.79 Å². The van der Waals surface area contributed by atoms with Gasteiger partial charge in [0.25, 0.3) is 5.56 Å². The molecule has 3 aromatic rings. The molecule has 0 aliphatic heterocycles. The first-order valence-electron chi connectivity index (χ1n) is 7.95. The van der Waals surface area contributed by atoms with Crippen molar-refractivity contribution in [3.8, 4) is 5.69 Å². The normalized spacial score (nSPS) is 11.1. The molecule has 0 unspecified atom stereocenters. The maximum atomic E-state index is 13.1. The van der Waals surface area contributed by atoms with E-state index in [-0.39, 0.29) is 12.2 Å². The highest BCUT2D eigenvalue weighted by Crippen LogP contribution is 2.25. The lowest BCUT2D eigenvalue weighted by Gasteiger charge is -2.17. The highest BCUT2D eigenvalue weighted by Gasteiger charge is 2.16. The van der Waals surface area contributed by atoms with Crippen LogP contribution in [-0.2, 0) is 0 Å². The monoisotopic (exact) mass is 340 g/mol. The summed E-state index contributed by atoms with van der Waals surface area (Å²) in [6.07, 6.45) is 0.667. The van der Waals surface area contributed by atoms with Gasteiger partial charge in [0.2, 0.25) is 0 Å². The Morgan fingerprint density at radius 3 is 2.50 bits per heavy atom. The molecule has 0 saturated carbocycles. The summed E-state index contributed by atoms with van der Waals surface area (Å²) in [5, 5.41) is 10.3. The molecule has 0 aliphatic carbocycles. The number of hydrogen-bond acceptors (Lipinski definition) is 4. The van der Waals surface area contributed by atoms with Gasteiger partial charge >= 0.3 is 0 Å². The van der Waals surface area contributed by atoms with E-state index in [0.717, 1.165) is 16.8 Å². The van der Waals surface area contributed by atoms with Crippen LogP contribution in [0.5, 0.6) is 0 Å². The lowest BCUT2D eigenvalue weighted by atomic mass is 10.1. The number of para-hydroxylation sites is 2. The van der Waals surface area contributed by atoms with Crippen molar-refractivity contribution in [2.24, 2.45) is 0 Å². The van der Waals surface area contributed by atoms with Crippen LogP contribution in [-0.4, -0.2) is 27.0 Å². The summed E-state index contributed by atoms with van der Waals surface area (Å²) in [6.45, 7) is 4.15. The van der Waals surface area contributed by atoms with E-state index in [0.29, 0.717) is 28.2 Å². The summed E-state index contributed by atoms with van der Waals surface area (Å²) in [4.78, 5) is 17.9. The van der Waals surface area contributed by atoms with Crippen LogP contribution in [0.2, 0.25) is 0 Å². The molecule has 0 fully saturated rings. The SMILES string of the molecule is Cc1cccc(C)c1-n1c(SCCCO)nc2ccccc2c1=O. The Labute approximate surface area is 145 Å². The third-order valence-corrected chi connectivity index (χ3v) is 4.97. The van der Waals surface area contributed by atoms with Gasteiger partial charge in [0, 0.05) is 12.4 Å². The minimum absolute atomic E-state index is 0.0514. The topological polar surface area (TPSA) is 55.1 Å². The first-order valence-corrected chi connectivity index (χ1v) is 8.94. The van der Waals surface area contributed by atoms with E-state index in [4.69, 9.17) is 10.1 Å². The van der Waals surface area contributed by atoms with E-state index in [2.05, 4.69) is 0 Å². The van der Waals surface area contributed by atoms with Gasteiger partial charge in [0.05, 0.1) is 16.6 Å². The fourth-order valence-electron chi connectivity index (χ4n) is 2.79. The Morgan fingerprint density at radius 2 is 1.79 bits per heavy atom. The average Bonchev–Trinajstić information content (AvgIpc) is 2.57. The molecule has 2 aromatic carbocycles. The second-order valence-electron chi connectivity index (χ2n) is 5.72. The molecule has 0 atom stereocenters. The fourth-order valence-corrected chi connectivity index (χ4v) is 3.71. The van der Waals surface area contributed by atoms with Crippen LogP contribution >= 0.6 is 11.8 Å². The summed E-state index contributed by atoms with van der Waals surface area (Å²) >= 11 is 1.50.